The lowest BCUT2D eigenvalue weighted by Crippen LogP contribution is -2.32. The fourth-order valence-corrected chi connectivity index (χ4v) is 4.00. The third-order valence-corrected chi connectivity index (χ3v) is 6.41. The Morgan fingerprint density at radius 2 is 1.95 bits per heavy atom. The van der Waals surface area contributed by atoms with E-state index in [1.807, 2.05) is 6.07 Å². The number of alkyl halides is 3. The highest BCUT2D eigenvalue weighted by Gasteiger charge is 2.34. The zero-order valence-electron chi connectivity index (χ0n) is 20.2. The van der Waals surface area contributed by atoms with Crippen LogP contribution in [-0.2, 0) is 4.79 Å². The molecule has 1 aliphatic carbocycles. The van der Waals surface area contributed by atoms with Crippen molar-refractivity contribution < 1.29 is 22.8 Å². The molecule has 1 saturated carbocycles. The summed E-state index contributed by atoms with van der Waals surface area (Å²) in [5.74, 6) is -1.82. The molecule has 0 spiro atoms. The molecule has 0 aliphatic heterocycles. The minimum Gasteiger partial charge on any atom is -0.349 e. The molecular formula is C26H19Cl2F3N6O2. The highest BCUT2D eigenvalue weighted by molar-refractivity contribution is 6.40. The van der Waals surface area contributed by atoms with Gasteiger partial charge in [0.05, 0.1) is 32.9 Å². The summed E-state index contributed by atoms with van der Waals surface area (Å²) in [6.45, 7) is 4.33. The summed E-state index contributed by atoms with van der Waals surface area (Å²) in [5.41, 5.74) is -1.64. The summed E-state index contributed by atoms with van der Waals surface area (Å²) in [5, 5.41) is 19.4. The number of hydrogen-bond acceptors (Lipinski definition) is 6. The van der Waals surface area contributed by atoms with Crippen molar-refractivity contribution in [2.45, 2.75) is 32.0 Å². The Morgan fingerprint density at radius 3 is 2.56 bits per heavy atom. The second kappa shape index (κ2) is 10.9. The highest BCUT2D eigenvalue weighted by atomic mass is 35.5. The predicted molar refractivity (Wildman–Crippen MR) is 143 cm³/mol. The lowest BCUT2D eigenvalue weighted by molar-refractivity contribution is -0.113. The Kier molecular flexibility index (Phi) is 7.81. The van der Waals surface area contributed by atoms with Crippen LogP contribution in [0.4, 0.5) is 24.7 Å². The maximum Gasteiger partial charge on any atom is 0.430 e. The number of nitrogens with zero attached hydrogens (tertiary/aromatic N) is 4. The largest absolute Gasteiger partial charge is 0.430 e. The van der Waals surface area contributed by atoms with Gasteiger partial charge in [0, 0.05) is 17.6 Å². The van der Waals surface area contributed by atoms with E-state index in [-0.39, 0.29) is 33.2 Å². The number of amides is 2. The molecule has 2 N–H and O–H groups in total. The van der Waals surface area contributed by atoms with E-state index in [2.05, 4.69) is 27.3 Å². The van der Waals surface area contributed by atoms with Gasteiger partial charge in [-0.15, -0.1) is 0 Å². The van der Waals surface area contributed by atoms with E-state index in [1.165, 1.54) is 30.5 Å². The molecule has 4 rings (SSSR count). The van der Waals surface area contributed by atoms with E-state index in [4.69, 9.17) is 23.2 Å². The number of fused-ring (bicyclic) bond motifs is 1. The van der Waals surface area contributed by atoms with Crippen molar-refractivity contribution in [1.29, 1.82) is 5.26 Å². The Labute approximate surface area is 230 Å². The third-order valence-electron chi connectivity index (χ3n) is 5.72. The van der Waals surface area contributed by atoms with Gasteiger partial charge in [-0.05, 0) is 55.5 Å². The number of benzene rings is 2. The number of pyridine rings is 1. The van der Waals surface area contributed by atoms with Gasteiger partial charge >= 0.3 is 6.18 Å². The molecule has 1 aromatic heterocycles. The first-order valence-corrected chi connectivity index (χ1v) is 12.2. The van der Waals surface area contributed by atoms with Gasteiger partial charge < -0.3 is 10.6 Å². The molecule has 2 amide bonds. The first kappa shape index (κ1) is 27.9. The van der Waals surface area contributed by atoms with Crippen molar-refractivity contribution in [1.82, 2.24) is 10.3 Å². The fraction of sp³-hybridized carbons (Fsp3) is 0.192. The molecular weight excluding hydrogens is 556 g/mol. The Balaban J connectivity index is 1.78. The van der Waals surface area contributed by atoms with Gasteiger partial charge in [-0.25, -0.2) is 9.99 Å². The summed E-state index contributed by atoms with van der Waals surface area (Å²) < 4.78 is 40.0. The summed E-state index contributed by atoms with van der Waals surface area (Å²) in [6, 6.07) is 10.9. The van der Waals surface area contributed by atoms with Crippen LogP contribution in [0, 0.1) is 11.3 Å². The van der Waals surface area contributed by atoms with Crippen molar-refractivity contribution in [2.75, 3.05) is 10.3 Å². The third kappa shape index (κ3) is 6.13. The molecule has 3 aromatic rings. The maximum atomic E-state index is 13.4. The Bertz CT molecular complexity index is 1580. The van der Waals surface area contributed by atoms with Crippen LogP contribution in [0.3, 0.4) is 0 Å². The number of halogens is 5. The average Bonchev–Trinajstić information content (AvgIpc) is 3.71. The summed E-state index contributed by atoms with van der Waals surface area (Å²) in [4.78, 5) is 30.4. The summed E-state index contributed by atoms with van der Waals surface area (Å²) >= 11 is 12.8. The van der Waals surface area contributed by atoms with Gasteiger partial charge in [0.2, 0.25) is 0 Å². The monoisotopic (exact) mass is 574 g/mol. The molecule has 1 fully saturated rings. The molecule has 8 nitrogen and oxygen atoms in total. The molecule has 1 aliphatic rings. The number of hydrogen-bond donors (Lipinski definition) is 2. The number of carbonyl (C=O) groups excluding carboxylic acids is 2. The van der Waals surface area contributed by atoms with Gasteiger partial charge in [-0.3, -0.25) is 9.59 Å². The van der Waals surface area contributed by atoms with Crippen molar-refractivity contribution in [2.24, 2.45) is 5.10 Å². The summed E-state index contributed by atoms with van der Waals surface area (Å²) in [6.07, 6.45) is -1.97. The van der Waals surface area contributed by atoms with Crippen LogP contribution < -0.4 is 15.6 Å². The molecule has 0 radical (unpaired) electrons. The molecule has 39 heavy (non-hydrogen) atoms. The number of hydrazone groups is 1. The van der Waals surface area contributed by atoms with E-state index >= 15 is 0 Å². The van der Waals surface area contributed by atoms with Crippen LogP contribution in [0.2, 0.25) is 10.0 Å². The Hall–Kier alpha value is -4.14. The molecule has 0 saturated heterocycles. The minimum absolute atomic E-state index is 0.00645. The molecule has 13 heteroatoms. The molecule has 0 bridgehead atoms. The number of rotatable bonds is 7. The van der Waals surface area contributed by atoms with E-state index < -0.39 is 29.4 Å². The van der Waals surface area contributed by atoms with Crippen LogP contribution in [0.15, 0.2) is 60.0 Å². The van der Waals surface area contributed by atoms with Crippen molar-refractivity contribution in [3.05, 3.63) is 76.0 Å². The number of carbonyl (C=O) groups is 2. The molecule has 200 valence electrons. The van der Waals surface area contributed by atoms with Gasteiger partial charge in [-0.2, -0.15) is 23.5 Å². The standard InChI is InChI=1S/C26H19Cl2F3N6O2/c1-13(37(36-14(2)26(29,30)31)23-20(27)4-3-9-33-23)24(38)35-22-19(25(39)34-17-6-7-17)11-16-10-15(12-32)5-8-18(16)21(22)28/h3-5,8-11,17H,1,6-7H2,2H3,(H,34,39)(H,35,38)/b36-14+. The second-order valence-corrected chi connectivity index (χ2v) is 9.40. The number of nitrogens with one attached hydrogen (secondary N) is 2. The number of nitriles is 1. The van der Waals surface area contributed by atoms with Gasteiger partial charge in [-0.1, -0.05) is 35.8 Å². The van der Waals surface area contributed by atoms with Crippen LogP contribution in [0.1, 0.15) is 35.7 Å². The topological polar surface area (TPSA) is 110 Å². The van der Waals surface area contributed by atoms with Crippen LogP contribution >= 0.6 is 23.2 Å². The SMILES string of the molecule is C=C(C(=O)Nc1c(C(=O)NC2CC2)cc2cc(C#N)ccc2c1Cl)N(/N=C(\C)C(F)(F)F)c1ncccc1Cl. The fourth-order valence-electron chi connectivity index (χ4n) is 3.48. The quantitative estimate of drug-likeness (QED) is 0.198. The van der Waals surface area contributed by atoms with Crippen LogP contribution in [0.25, 0.3) is 10.8 Å². The minimum atomic E-state index is -4.81. The van der Waals surface area contributed by atoms with Crippen LogP contribution in [0.5, 0.6) is 0 Å². The number of aromatic nitrogens is 1. The van der Waals surface area contributed by atoms with Crippen molar-refractivity contribution in [3.8, 4) is 6.07 Å². The van der Waals surface area contributed by atoms with Gasteiger partial charge in [0.25, 0.3) is 11.8 Å². The first-order valence-electron chi connectivity index (χ1n) is 11.4. The van der Waals surface area contributed by atoms with Crippen LogP contribution in [-0.4, -0.2) is 34.7 Å². The van der Waals surface area contributed by atoms with Crippen molar-refractivity contribution >= 4 is 63.0 Å². The van der Waals surface area contributed by atoms with E-state index in [1.54, 1.807) is 12.1 Å². The average molecular weight is 575 g/mol. The number of anilines is 2. The lowest BCUT2D eigenvalue weighted by Gasteiger charge is -2.23. The Morgan fingerprint density at radius 1 is 1.23 bits per heavy atom. The molecule has 1 heterocycles. The van der Waals surface area contributed by atoms with Gasteiger partial charge in [0.15, 0.2) is 5.82 Å². The molecule has 0 unspecified atom stereocenters. The van der Waals surface area contributed by atoms with Gasteiger partial charge in [0.1, 0.15) is 11.4 Å². The molecule has 0 atom stereocenters. The predicted octanol–water partition coefficient (Wildman–Crippen LogP) is 6.20. The second-order valence-electron chi connectivity index (χ2n) is 8.61. The zero-order valence-corrected chi connectivity index (χ0v) is 21.7. The van der Waals surface area contributed by atoms with E-state index in [0.717, 1.165) is 12.8 Å². The van der Waals surface area contributed by atoms with E-state index in [0.29, 0.717) is 28.3 Å². The maximum absolute atomic E-state index is 13.4. The van der Waals surface area contributed by atoms with E-state index in [9.17, 15) is 28.0 Å². The normalized spacial score (nSPS) is 13.5. The lowest BCUT2D eigenvalue weighted by atomic mass is 10.0. The summed E-state index contributed by atoms with van der Waals surface area (Å²) in [7, 11) is 0. The smallest absolute Gasteiger partial charge is 0.349 e. The first-order chi connectivity index (χ1) is 18.4. The molecule has 2 aromatic carbocycles. The highest BCUT2D eigenvalue weighted by Crippen LogP contribution is 2.37. The van der Waals surface area contributed by atoms with Crippen molar-refractivity contribution in [3.63, 3.8) is 0 Å². The zero-order chi connectivity index (χ0) is 28.5.